The van der Waals surface area contributed by atoms with E-state index in [1.807, 2.05) is 32.9 Å². The number of fused-ring (bicyclic) bond motifs is 1. The summed E-state index contributed by atoms with van der Waals surface area (Å²) >= 11 is 0. The molecule has 0 bridgehead atoms. The van der Waals surface area contributed by atoms with Crippen molar-refractivity contribution < 1.29 is 9.52 Å². The second kappa shape index (κ2) is 7.66. The predicted molar refractivity (Wildman–Crippen MR) is 119 cm³/mol. The number of likely N-dealkylation sites (N-methyl/N-ethyl adjacent to an activating group) is 1. The molecule has 1 N–H and O–H groups in total. The highest BCUT2D eigenvalue weighted by Gasteiger charge is 2.32. The van der Waals surface area contributed by atoms with Crippen LogP contribution in [-0.2, 0) is 0 Å². The Morgan fingerprint density at radius 3 is 2.70 bits per heavy atom. The van der Waals surface area contributed by atoms with E-state index < -0.39 is 0 Å². The number of benzene rings is 2. The van der Waals surface area contributed by atoms with Gasteiger partial charge in [-0.3, -0.25) is 0 Å². The lowest BCUT2D eigenvalue weighted by atomic mass is 9.93. The molecule has 1 aliphatic rings. The molecule has 6 heteroatoms. The average Bonchev–Trinajstić information content (AvgIpc) is 3.35. The smallest absolute Gasteiger partial charge is 0.198 e. The molecule has 0 radical (unpaired) electrons. The summed E-state index contributed by atoms with van der Waals surface area (Å²) < 4.78 is 6.28. The van der Waals surface area contributed by atoms with E-state index in [2.05, 4.69) is 30.0 Å². The van der Waals surface area contributed by atoms with E-state index in [9.17, 15) is 10.4 Å². The molecule has 1 aromatic heterocycles. The van der Waals surface area contributed by atoms with Crippen molar-refractivity contribution in [2.24, 2.45) is 0 Å². The Morgan fingerprint density at radius 2 is 2.10 bits per heavy atom. The molecule has 1 fully saturated rings. The van der Waals surface area contributed by atoms with Crippen molar-refractivity contribution in [2.75, 3.05) is 32.1 Å². The molecule has 0 aliphatic carbocycles. The number of aromatic nitrogens is 1. The number of hydrogen-bond acceptors (Lipinski definition) is 6. The van der Waals surface area contributed by atoms with Gasteiger partial charge in [0, 0.05) is 30.6 Å². The van der Waals surface area contributed by atoms with E-state index in [1.54, 1.807) is 12.1 Å². The maximum atomic E-state index is 10.1. The molecule has 1 unspecified atom stereocenters. The minimum atomic E-state index is 0.120. The van der Waals surface area contributed by atoms with Crippen LogP contribution < -0.4 is 4.90 Å². The molecule has 156 valence electrons. The lowest BCUT2D eigenvalue weighted by molar-refractivity contribution is 0.315. The van der Waals surface area contributed by atoms with Crippen molar-refractivity contribution >= 4 is 16.8 Å². The maximum Gasteiger partial charge on any atom is 0.198 e. The third-order valence-corrected chi connectivity index (χ3v) is 6.03. The SMILES string of the molecule is Cc1c(-c2cccc(O)c2)c(N2CCC(N(C)C)C2)c2oc(C(C)C)nc2c1C#N. The normalized spacial score (nSPS) is 16.7. The van der Waals surface area contributed by atoms with Gasteiger partial charge in [-0.2, -0.15) is 5.26 Å². The van der Waals surface area contributed by atoms with Crippen molar-refractivity contribution in [2.45, 2.75) is 39.2 Å². The first-order valence-corrected chi connectivity index (χ1v) is 10.4. The van der Waals surface area contributed by atoms with E-state index in [1.165, 1.54) is 0 Å². The lowest BCUT2D eigenvalue weighted by Crippen LogP contribution is -2.31. The van der Waals surface area contributed by atoms with Crippen molar-refractivity contribution in [1.29, 1.82) is 5.26 Å². The number of hydrogen-bond donors (Lipinski definition) is 1. The van der Waals surface area contributed by atoms with Crippen LogP contribution in [0, 0.1) is 18.3 Å². The van der Waals surface area contributed by atoms with Gasteiger partial charge in [-0.25, -0.2) is 4.98 Å². The fourth-order valence-corrected chi connectivity index (χ4v) is 4.33. The fourth-order valence-electron chi connectivity index (χ4n) is 4.33. The third kappa shape index (κ3) is 3.29. The van der Waals surface area contributed by atoms with Crippen LogP contribution in [0.2, 0.25) is 0 Å². The van der Waals surface area contributed by atoms with Crippen molar-refractivity contribution in [3.05, 3.63) is 41.3 Å². The molecule has 1 aliphatic heterocycles. The van der Waals surface area contributed by atoms with Crippen molar-refractivity contribution in [3.63, 3.8) is 0 Å². The minimum absolute atomic E-state index is 0.120. The van der Waals surface area contributed by atoms with Crippen LogP contribution in [0.5, 0.6) is 5.75 Å². The number of rotatable bonds is 4. The van der Waals surface area contributed by atoms with E-state index in [0.29, 0.717) is 28.6 Å². The summed E-state index contributed by atoms with van der Waals surface area (Å²) in [5, 5.41) is 20.1. The zero-order chi connectivity index (χ0) is 21.6. The van der Waals surface area contributed by atoms with Crippen LogP contribution in [0.1, 0.15) is 43.2 Å². The summed E-state index contributed by atoms with van der Waals surface area (Å²) in [6, 6.07) is 10.00. The zero-order valence-corrected chi connectivity index (χ0v) is 18.2. The Hall–Kier alpha value is -3.04. The Labute approximate surface area is 177 Å². The molecule has 0 saturated carbocycles. The first-order valence-electron chi connectivity index (χ1n) is 10.4. The molecular weight excluding hydrogens is 376 g/mol. The summed E-state index contributed by atoms with van der Waals surface area (Å²) in [5.41, 5.74) is 5.46. The number of nitriles is 1. The Bertz CT molecular complexity index is 1140. The maximum absolute atomic E-state index is 10.1. The molecule has 2 aromatic carbocycles. The largest absolute Gasteiger partial charge is 0.508 e. The molecule has 1 atom stereocenters. The second-order valence-corrected chi connectivity index (χ2v) is 8.62. The molecule has 0 amide bonds. The summed E-state index contributed by atoms with van der Waals surface area (Å²) in [5.74, 6) is 0.956. The van der Waals surface area contributed by atoms with Gasteiger partial charge >= 0.3 is 0 Å². The summed E-state index contributed by atoms with van der Waals surface area (Å²) in [6.07, 6.45) is 1.05. The highest BCUT2D eigenvalue weighted by molar-refractivity contribution is 6.02. The number of oxazole rings is 1. The van der Waals surface area contributed by atoms with Crippen molar-refractivity contribution in [3.8, 4) is 22.9 Å². The monoisotopic (exact) mass is 404 g/mol. The van der Waals surface area contributed by atoms with E-state index in [0.717, 1.165) is 41.9 Å². The molecule has 2 heterocycles. The molecule has 1 saturated heterocycles. The average molecular weight is 405 g/mol. The third-order valence-electron chi connectivity index (χ3n) is 6.03. The van der Waals surface area contributed by atoms with Crippen LogP contribution in [0.15, 0.2) is 28.7 Å². The molecule has 3 aromatic rings. The second-order valence-electron chi connectivity index (χ2n) is 8.62. The quantitative estimate of drug-likeness (QED) is 0.682. The predicted octanol–water partition coefficient (Wildman–Crippen LogP) is 4.64. The number of nitrogens with zero attached hydrogens (tertiary/aromatic N) is 4. The van der Waals surface area contributed by atoms with E-state index in [4.69, 9.17) is 9.40 Å². The molecule has 6 nitrogen and oxygen atoms in total. The Kier molecular flexibility index (Phi) is 5.17. The fraction of sp³-hybridized carbons (Fsp3) is 0.417. The van der Waals surface area contributed by atoms with Gasteiger partial charge < -0.3 is 19.3 Å². The highest BCUT2D eigenvalue weighted by Crippen LogP contribution is 2.45. The van der Waals surface area contributed by atoms with Crippen LogP contribution >= 0.6 is 0 Å². The Morgan fingerprint density at radius 1 is 1.33 bits per heavy atom. The number of aromatic hydroxyl groups is 1. The first-order chi connectivity index (χ1) is 14.3. The van der Waals surface area contributed by atoms with Gasteiger partial charge in [-0.1, -0.05) is 26.0 Å². The zero-order valence-electron chi connectivity index (χ0n) is 18.2. The van der Waals surface area contributed by atoms with Crippen LogP contribution in [0.25, 0.3) is 22.2 Å². The van der Waals surface area contributed by atoms with E-state index >= 15 is 0 Å². The van der Waals surface area contributed by atoms with Crippen LogP contribution in [0.3, 0.4) is 0 Å². The van der Waals surface area contributed by atoms with Gasteiger partial charge in [0.2, 0.25) is 0 Å². The number of phenols is 1. The van der Waals surface area contributed by atoms with Gasteiger partial charge in [0.15, 0.2) is 11.5 Å². The Balaban J connectivity index is 2.05. The van der Waals surface area contributed by atoms with Gasteiger partial charge in [0.25, 0.3) is 0 Å². The standard InChI is InChI=1S/C24H28N4O2/c1-14(2)24-26-21-19(12-25)15(3)20(16-7-6-8-18(29)11-16)22(23(21)30-24)28-10-9-17(13-28)27(4)5/h6-8,11,14,17,29H,9-10,13H2,1-5H3. The topological polar surface area (TPSA) is 76.5 Å². The minimum Gasteiger partial charge on any atom is -0.508 e. The number of anilines is 1. The summed E-state index contributed by atoms with van der Waals surface area (Å²) in [6.45, 7) is 7.81. The van der Waals surface area contributed by atoms with E-state index in [-0.39, 0.29) is 11.7 Å². The van der Waals surface area contributed by atoms with Gasteiger partial charge in [-0.05, 0) is 50.7 Å². The summed E-state index contributed by atoms with van der Waals surface area (Å²) in [7, 11) is 4.21. The van der Waals surface area contributed by atoms with Crippen LogP contribution in [-0.4, -0.2) is 48.2 Å². The summed E-state index contributed by atoms with van der Waals surface area (Å²) in [4.78, 5) is 9.30. The highest BCUT2D eigenvalue weighted by atomic mass is 16.3. The molecule has 0 spiro atoms. The van der Waals surface area contributed by atoms with Gasteiger partial charge in [-0.15, -0.1) is 0 Å². The lowest BCUT2D eigenvalue weighted by Gasteiger charge is -2.25. The van der Waals surface area contributed by atoms with Crippen LogP contribution in [0.4, 0.5) is 5.69 Å². The molecule has 4 rings (SSSR count). The number of phenolic OH excluding ortho intramolecular Hbond substituents is 1. The van der Waals surface area contributed by atoms with Crippen molar-refractivity contribution in [1.82, 2.24) is 9.88 Å². The molecule has 30 heavy (non-hydrogen) atoms. The van der Waals surface area contributed by atoms with Gasteiger partial charge in [0.05, 0.1) is 11.3 Å². The molecular formula is C24H28N4O2. The first kappa shape index (κ1) is 20.2. The van der Waals surface area contributed by atoms with Gasteiger partial charge in [0.1, 0.15) is 17.3 Å².